The van der Waals surface area contributed by atoms with Crippen molar-refractivity contribution in [3.63, 3.8) is 0 Å². The Morgan fingerprint density at radius 3 is 2.15 bits per heavy atom. The normalized spacial score (nSPS) is 17.5. The number of imidazole rings is 1. The number of aliphatic hydroxyl groups is 2. The van der Waals surface area contributed by atoms with Crippen LogP contribution in [0.2, 0.25) is 0 Å². The third-order valence-electron chi connectivity index (χ3n) is 11.5. The Kier molecular flexibility index (Phi) is 19.0. The number of aromatic amines is 1. The van der Waals surface area contributed by atoms with E-state index in [9.17, 15) is 37.8 Å². The number of aromatic nitrogens is 2. The van der Waals surface area contributed by atoms with E-state index in [0.717, 1.165) is 43.2 Å². The zero-order chi connectivity index (χ0) is 44.3. The Morgan fingerprint density at radius 1 is 0.855 bits per heavy atom. The minimum Gasteiger partial charge on any atom is -0.445 e. The molecule has 2 aromatic carbocycles. The number of hydrogen-bond donors (Lipinski definition) is 8. The summed E-state index contributed by atoms with van der Waals surface area (Å²) in [6.45, 7) is 2.24. The Morgan fingerprint density at radius 2 is 1.50 bits per heavy atom. The van der Waals surface area contributed by atoms with Crippen LogP contribution in [0.4, 0.5) is 9.59 Å². The minimum atomic E-state index is -3.59. The monoisotopic (exact) mass is 880 g/mol. The first-order valence-electron chi connectivity index (χ1n) is 21.9. The van der Waals surface area contributed by atoms with E-state index in [-0.39, 0.29) is 50.1 Å². The van der Waals surface area contributed by atoms with Crippen molar-refractivity contribution in [2.24, 2.45) is 5.92 Å². The smallest absolute Gasteiger partial charge is 0.407 e. The maximum atomic E-state index is 14.3. The molecule has 0 bridgehead atoms. The summed E-state index contributed by atoms with van der Waals surface area (Å²) in [6, 6.07) is 14.8. The number of benzene rings is 2. The van der Waals surface area contributed by atoms with Crippen LogP contribution >= 0.6 is 0 Å². The number of piperidine rings is 1. The summed E-state index contributed by atoms with van der Waals surface area (Å²) >= 11 is 0. The molecule has 2 heterocycles. The lowest BCUT2D eigenvalue weighted by molar-refractivity contribution is -0.131. The van der Waals surface area contributed by atoms with Gasteiger partial charge in [0.15, 0.2) is 0 Å². The van der Waals surface area contributed by atoms with Gasteiger partial charge in [-0.1, -0.05) is 99.7 Å². The van der Waals surface area contributed by atoms with Gasteiger partial charge in [-0.2, -0.15) is 0 Å². The largest absolute Gasteiger partial charge is 0.445 e. The van der Waals surface area contributed by atoms with E-state index in [0.29, 0.717) is 44.5 Å². The number of carbonyl (C=O) groups excluding carboxylic acids is 4. The number of H-pyrrole nitrogens is 1. The number of rotatable bonds is 22. The first-order chi connectivity index (χ1) is 29.9. The molecule has 1 saturated carbocycles. The van der Waals surface area contributed by atoms with Crippen molar-refractivity contribution in [3.8, 4) is 0 Å². The highest BCUT2D eigenvalue weighted by molar-refractivity contribution is 7.89. The van der Waals surface area contributed by atoms with Crippen molar-refractivity contribution >= 4 is 34.0 Å². The van der Waals surface area contributed by atoms with Crippen LogP contribution in [-0.4, -0.2) is 119 Å². The highest BCUT2D eigenvalue weighted by Gasteiger charge is 2.34. The van der Waals surface area contributed by atoms with Crippen molar-refractivity contribution < 1.29 is 42.5 Å². The van der Waals surface area contributed by atoms with Crippen LogP contribution in [0.5, 0.6) is 0 Å². The number of ether oxygens (including phenoxy) is 1. The van der Waals surface area contributed by atoms with Gasteiger partial charge in [-0.15, -0.1) is 0 Å². The first kappa shape index (κ1) is 48.0. The number of alkyl carbamates (subject to hydrolysis) is 1. The summed E-state index contributed by atoms with van der Waals surface area (Å²) < 4.78 is 32.2. The lowest BCUT2D eigenvalue weighted by Gasteiger charge is -2.34. The highest BCUT2D eigenvalue weighted by atomic mass is 32.2. The van der Waals surface area contributed by atoms with Gasteiger partial charge in [0.05, 0.1) is 30.3 Å². The topological polar surface area (TPSA) is 244 Å². The van der Waals surface area contributed by atoms with Gasteiger partial charge in [0.2, 0.25) is 21.8 Å². The second kappa shape index (κ2) is 24.6. The van der Waals surface area contributed by atoms with Crippen LogP contribution in [0.3, 0.4) is 0 Å². The molecule has 1 aromatic heterocycles. The van der Waals surface area contributed by atoms with Crippen LogP contribution < -0.4 is 26.0 Å². The molecule has 1 aliphatic heterocycles. The molecule has 18 heteroatoms. The molecule has 2 fully saturated rings. The van der Waals surface area contributed by atoms with Crippen molar-refractivity contribution in [1.82, 2.24) is 40.9 Å². The molecule has 62 heavy (non-hydrogen) atoms. The Bertz CT molecular complexity index is 1930. The predicted molar refractivity (Wildman–Crippen MR) is 233 cm³/mol. The van der Waals surface area contributed by atoms with E-state index in [2.05, 4.69) is 36.0 Å². The number of urea groups is 1. The minimum absolute atomic E-state index is 0.0198. The van der Waals surface area contributed by atoms with E-state index in [1.165, 1.54) is 6.33 Å². The predicted octanol–water partition coefficient (Wildman–Crippen LogP) is 3.05. The van der Waals surface area contributed by atoms with Gasteiger partial charge in [0.1, 0.15) is 18.7 Å². The first-order valence-corrected chi connectivity index (χ1v) is 23.5. The SMILES string of the molecule is CCCS(=O)(=O)NC[C@@H](O)C[C@H](O)[C@H](CC1CCCCC1)NC(=O)[C@H](Cc1cnc[nH]1)NC(=O)[C@H](Cc1ccccc1)NC(=O)N1CCC(NC(=O)OCc2ccccc2)CC1. The second-order valence-electron chi connectivity index (χ2n) is 16.5. The van der Waals surface area contributed by atoms with Crippen LogP contribution in [0.25, 0.3) is 0 Å². The number of amides is 5. The summed E-state index contributed by atoms with van der Waals surface area (Å²) in [4.78, 5) is 63.4. The van der Waals surface area contributed by atoms with Crippen molar-refractivity contribution in [3.05, 3.63) is 90.0 Å². The van der Waals surface area contributed by atoms with E-state index in [1.54, 1.807) is 18.0 Å². The summed E-state index contributed by atoms with van der Waals surface area (Å²) in [5, 5.41) is 33.9. The molecule has 340 valence electrons. The standard InChI is InChI=1S/C44H64N8O9S/c1-2-22-62(59,60)47-28-36(53)26-40(54)37(23-31-12-6-3-7-13-31)49-42(56)39(25-35-27-45-30-46-35)50-41(55)38(24-32-14-8-4-9-15-32)51-43(57)52-20-18-34(19-21-52)48-44(58)61-29-33-16-10-5-11-17-33/h4-5,8-11,14-17,27,30-31,34,36-40,47,53-54H,2-3,6-7,12-13,18-26,28-29H2,1H3,(H,45,46)(H,48,58)(H,49,56)(H,50,55)(H,51,57)/t36-,37-,38-,39-,40-/m0/s1. The molecule has 8 N–H and O–H groups in total. The molecule has 3 aromatic rings. The van der Waals surface area contributed by atoms with Crippen LogP contribution in [0.1, 0.15) is 88.0 Å². The molecule has 0 spiro atoms. The molecule has 1 saturated heterocycles. The van der Waals surface area contributed by atoms with Crippen molar-refractivity contribution in [1.29, 1.82) is 0 Å². The van der Waals surface area contributed by atoms with E-state index in [1.807, 2.05) is 60.7 Å². The fourth-order valence-electron chi connectivity index (χ4n) is 8.02. The summed E-state index contributed by atoms with van der Waals surface area (Å²) in [5.41, 5.74) is 2.22. The van der Waals surface area contributed by atoms with Crippen LogP contribution in [0, 0.1) is 5.92 Å². The van der Waals surface area contributed by atoms with Crippen LogP contribution in [-0.2, 0) is 43.8 Å². The molecule has 17 nitrogen and oxygen atoms in total. The van der Waals surface area contributed by atoms with Gasteiger partial charge in [0.25, 0.3) is 0 Å². The number of sulfonamides is 1. The van der Waals surface area contributed by atoms with Gasteiger partial charge >= 0.3 is 12.1 Å². The third-order valence-corrected chi connectivity index (χ3v) is 13.0. The fraction of sp³-hybridized carbons (Fsp3) is 0.568. The number of nitrogens with zero attached hydrogens (tertiary/aromatic N) is 2. The van der Waals surface area contributed by atoms with Gasteiger partial charge < -0.3 is 46.1 Å². The van der Waals surface area contributed by atoms with Gasteiger partial charge in [-0.05, 0) is 42.7 Å². The number of likely N-dealkylation sites (tertiary alicyclic amines) is 1. The van der Waals surface area contributed by atoms with Gasteiger partial charge in [-0.25, -0.2) is 27.7 Å². The molecule has 0 unspecified atom stereocenters. The van der Waals surface area contributed by atoms with E-state index in [4.69, 9.17) is 4.74 Å². The molecular weight excluding hydrogens is 817 g/mol. The second-order valence-corrected chi connectivity index (χ2v) is 18.4. The van der Waals surface area contributed by atoms with E-state index < -0.39 is 64.3 Å². The number of nitrogens with one attached hydrogen (secondary N) is 6. The molecule has 5 rings (SSSR count). The quantitative estimate of drug-likeness (QED) is 0.0734. The third kappa shape index (κ3) is 16.3. The lowest BCUT2D eigenvalue weighted by atomic mass is 9.83. The Balaban J connectivity index is 1.24. The zero-order valence-electron chi connectivity index (χ0n) is 35.5. The number of hydrogen-bond acceptors (Lipinski definition) is 10. The lowest BCUT2D eigenvalue weighted by Crippen LogP contribution is -2.59. The van der Waals surface area contributed by atoms with Crippen molar-refractivity contribution in [2.75, 3.05) is 25.4 Å². The van der Waals surface area contributed by atoms with Gasteiger partial charge in [0, 0.05) is 56.8 Å². The molecule has 1 aliphatic carbocycles. The Labute approximate surface area is 364 Å². The number of carbonyl (C=O) groups is 4. The van der Waals surface area contributed by atoms with Gasteiger partial charge in [-0.3, -0.25) is 9.59 Å². The van der Waals surface area contributed by atoms with Crippen molar-refractivity contribution in [2.45, 2.75) is 127 Å². The molecular formula is C44H64N8O9S. The maximum absolute atomic E-state index is 14.3. The summed E-state index contributed by atoms with van der Waals surface area (Å²) in [6.07, 6.45) is 6.78. The molecule has 0 radical (unpaired) electrons. The Hall–Kier alpha value is -5.04. The average molecular weight is 881 g/mol. The summed E-state index contributed by atoms with van der Waals surface area (Å²) in [7, 11) is -3.59. The van der Waals surface area contributed by atoms with Crippen LogP contribution in [0.15, 0.2) is 73.2 Å². The highest BCUT2D eigenvalue weighted by Crippen LogP contribution is 2.29. The average Bonchev–Trinajstić information content (AvgIpc) is 3.79. The molecule has 5 amide bonds. The maximum Gasteiger partial charge on any atom is 0.407 e. The summed E-state index contributed by atoms with van der Waals surface area (Å²) in [5.74, 6) is -1.05. The molecule has 5 atom stereocenters. The fourth-order valence-corrected chi connectivity index (χ4v) is 9.15. The number of aliphatic hydroxyl groups excluding tert-OH is 2. The molecule has 2 aliphatic rings. The zero-order valence-corrected chi connectivity index (χ0v) is 36.4. The van der Waals surface area contributed by atoms with E-state index >= 15 is 0 Å².